The molecule has 2 saturated heterocycles. The maximum Gasteiger partial charge on any atom is 0.239 e. The standard InChI is InChI=1S/C17H31N3O/c1-13-12-19(2)10-5-11-20(13)17(21)16-9-8-14-6-3-4-7-15(14)18-16/h13-16,18H,3-12H2,1-2H3. The molecule has 4 heteroatoms. The van der Waals surface area contributed by atoms with Gasteiger partial charge in [0.05, 0.1) is 6.04 Å². The van der Waals surface area contributed by atoms with Crippen molar-refractivity contribution in [2.75, 3.05) is 26.7 Å². The largest absolute Gasteiger partial charge is 0.337 e. The molecule has 0 aromatic heterocycles. The van der Waals surface area contributed by atoms with Gasteiger partial charge in [-0.15, -0.1) is 0 Å². The highest BCUT2D eigenvalue weighted by Gasteiger charge is 2.37. The Bertz CT molecular complexity index is 373. The second-order valence-corrected chi connectivity index (χ2v) is 7.44. The van der Waals surface area contributed by atoms with Gasteiger partial charge in [0.2, 0.25) is 5.91 Å². The molecule has 0 aromatic rings. The summed E-state index contributed by atoms with van der Waals surface area (Å²) < 4.78 is 0. The molecule has 3 aliphatic rings. The third-order valence-corrected chi connectivity index (χ3v) is 5.78. The Hall–Kier alpha value is -0.610. The lowest BCUT2D eigenvalue weighted by atomic mass is 9.77. The fourth-order valence-corrected chi connectivity index (χ4v) is 4.59. The molecule has 0 aromatic carbocycles. The van der Waals surface area contributed by atoms with Crippen LogP contribution in [0.25, 0.3) is 0 Å². The molecule has 3 fully saturated rings. The molecule has 0 bridgehead atoms. The molecule has 2 aliphatic heterocycles. The van der Waals surface area contributed by atoms with Crippen LogP contribution in [-0.4, -0.2) is 60.5 Å². The number of piperidine rings is 1. The smallest absolute Gasteiger partial charge is 0.239 e. The Morgan fingerprint density at radius 3 is 2.71 bits per heavy atom. The van der Waals surface area contributed by atoms with Crippen molar-refractivity contribution in [3.8, 4) is 0 Å². The van der Waals surface area contributed by atoms with Crippen molar-refractivity contribution in [2.45, 2.75) is 70.0 Å². The van der Waals surface area contributed by atoms with E-state index in [2.05, 4.69) is 29.1 Å². The first-order valence-corrected chi connectivity index (χ1v) is 8.90. The van der Waals surface area contributed by atoms with E-state index in [0.717, 1.165) is 38.4 Å². The molecule has 4 unspecified atom stereocenters. The highest BCUT2D eigenvalue weighted by Crippen LogP contribution is 2.32. The highest BCUT2D eigenvalue weighted by molar-refractivity contribution is 5.82. The Morgan fingerprint density at radius 1 is 1.05 bits per heavy atom. The predicted octanol–water partition coefficient (Wildman–Crippen LogP) is 1.85. The Labute approximate surface area is 129 Å². The van der Waals surface area contributed by atoms with E-state index in [4.69, 9.17) is 0 Å². The van der Waals surface area contributed by atoms with Crippen molar-refractivity contribution >= 4 is 5.91 Å². The molecule has 1 aliphatic carbocycles. The number of rotatable bonds is 1. The van der Waals surface area contributed by atoms with Gasteiger partial charge < -0.3 is 15.1 Å². The lowest BCUT2D eigenvalue weighted by Gasteiger charge is -2.42. The van der Waals surface area contributed by atoms with Crippen molar-refractivity contribution < 1.29 is 4.79 Å². The van der Waals surface area contributed by atoms with E-state index in [1.165, 1.54) is 32.1 Å². The van der Waals surface area contributed by atoms with Gasteiger partial charge in [0.15, 0.2) is 0 Å². The Balaban J connectivity index is 1.61. The molecule has 3 rings (SSSR count). The SMILES string of the molecule is CC1CN(C)CCCN1C(=O)C1CCC2CCCCC2N1. The van der Waals surface area contributed by atoms with Gasteiger partial charge in [0.25, 0.3) is 0 Å². The van der Waals surface area contributed by atoms with E-state index >= 15 is 0 Å². The molecule has 4 nitrogen and oxygen atoms in total. The fourth-order valence-electron chi connectivity index (χ4n) is 4.59. The number of fused-ring (bicyclic) bond motifs is 1. The molecule has 0 radical (unpaired) electrons. The van der Waals surface area contributed by atoms with Crippen LogP contribution in [0.3, 0.4) is 0 Å². The van der Waals surface area contributed by atoms with Crippen molar-refractivity contribution in [2.24, 2.45) is 5.92 Å². The summed E-state index contributed by atoms with van der Waals surface area (Å²) in [6, 6.07) is 1.03. The van der Waals surface area contributed by atoms with E-state index in [9.17, 15) is 4.79 Å². The minimum absolute atomic E-state index is 0.0789. The van der Waals surface area contributed by atoms with Crippen molar-refractivity contribution in [3.05, 3.63) is 0 Å². The lowest BCUT2D eigenvalue weighted by Crippen LogP contribution is -2.57. The van der Waals surface area contributed by atoms with Crippen LogP contribution in [0.2, 0.25) is 0 Å². The van der Waals surface area contributed by atoms with Crippen LogP contribution in [0.5, 0.6) is 0 Å². The fraction of sp³-hybridized carbons (Fsp3) is 0.941. The van der Waals surface area contributed by atoms with E-state index in [0.29, 0.717) is 18.0 Å². The van der Waals surface area contributed by atoms with Gasteiger partial charge in [-0.05, 0) is 58.5 Å². The molecule has 1 N–H and O–H groups in total. The molecular formula is C17H31N3O. The molecule has 4 atom stereocenters. The summed E-state index contributed by atoms with van der Waals surface area (Å²) in [5, 5.41) is 3.70. The number of likely N-dealkylation sites (N-methyl/N-ethyl adjacent to an activating group) is 1. The quantitative estimate of drug-likeness (QED) is 0.801. The second-order valence-electron chi connectivity index (χ2n) is 7.44. The zero-order valence-electron chi connectivity index (χ0n) is 13.7. The number of hydrogen-bond donors (Lipinski definition) is 1. The van der Waals surface area contributed by atoms with Crippen LogP contribution in [-0.2, 0) is 4.79 Å². The lowest BCUT2D eigenvalue weighted by molar-refractivity contribution is -0.136. The molecule has 0 spiro atoms. The summed E-state index contributed by atoms with van der Waals surface area (Å²) in [7, 11) is 2.16. The monoisotopic (exact) mass is 293 g/mol. The molecule has 21 heavy (non-hydrogen) atoms. The van der Waals surface area contributed by atoms with Crippen LogP contribution >= 0.6 is 0 Å². The summed E-state index contributed by atoms with van der Waals surface area (Å²) in [6.45, 7) is 5.24. The number of nitrogens with zero attached hydrogens (tertiary/aromatic N) is 2. The number of carbonyl (C=O) groups is 1. The van der Waals surface area contributed by atoms with E-state index in [1.807, 2.05) is 0 Å². The first-order chi connectivity index (χ1) is 10.1. The Kier molecular flexibility index (Phi) is 4.85. The minimum atomic E-state index is 0.0789. The second kappa shape index (κ2) is 6.66. The normalized spacial score (nSPS) is 38.7. The first kappa shape index (κ1) is 15.3. The van der Waals surface area contributed by atoms with Crippen LogP contribution < -0.4 is 5.32 Å². The maximum atomic E-state index is 12.9. The van der Waals surface area contributed by atoms with Gasteiger partial charge in [0, 0.05) is 25.2 Å². The summed E-state index contributed by atoms with van der Waals surface area (Å²) in [6.07, 6.45) is 8.74. The molecule has 1 amide bonds. The predicted molar refractivity (Wildman–Crippen MR) is 85.2 cm³/mol. The van der Waals surface area contributed by atoms with E-state index in [-0.39, 0.29) is 6.04 Å². The molecule has 1 saturated carbocycles. The van der Waals surface area contributed by atoms with E-state index in [1.54, 1.807) is 0 Å². The molecular weight excluding hydrogens is 262 g/mol. The van der Waals surface area contributed by atoms with Crippen LogP contribution in [0.1, 0.15) is 51.9 Å². The molecule has 2 heterocycles. The first-order valence-electron chi connectivity index (χ1n) is 8.90. The summed E-state index contributed by atoms with van der Waals surface area (Å²) >= 11 is 0. The van der Waals surface area contributed by atoms with Crippen molar-refractivity contribution in [1.82, 2.24) is 15.1 Å². The van der Waals surface area contributed by atoms with Gasteiger partial charge in [-0.25, -0.2) is 0 Å². The van der Waals surface area contributed by atoms with Crippen molar-refractivity contribution in [3.63, 3.8) is 0 Å². The zero-order valence-corrected chi connectivity index (χ0v) is 13.7. The number of amides is 1. The number of hydrogen-bond acceptors (Lipinski definition) is 3. The summed E-state index contributed by atoms with van der Waals surface area (Å²) in [5.41, 5.74) is 0. The highest BCUT2D eigenvalue weighted by atomic mass is 16.2. The van der Waals surface area contributed by atoms with Crippen LogP contribution in [0, 0.1) is 5.92 Å². The minimum Gasteiger partial charge on any atom is -0.337 e. The molecule has 120 valence electrons. The van der Waals surface area contributed by atoms with Crippen molar-refractivity contribution in [1.29, 1.82) is 0 Å². The van der Waals surface area contributed by atoms with Gasteiger partial charge in [0.1, 0.15) is 0 Å². The summed E-state index contributed by atoms with van der Waals surface area (Å²) in [5.74, 6) is 1.19. The Morgan fingerprint density at radius 2 is 1.86 bits per heavy atom. The third-order valence-electron chi connectivity index (χ3n) is 5.78. The average Bonchev–Trinajstić information content (AvgIpc) is 2.66. The third kappa shape index (κ3) is 3.42. The number of nitrogens with one attached hydrogen (secondary N) is 1. The summed E-state index contributed by atoms with van der Waals surface area (Å²) in [4.78, 5) is 17.4. The topological polar surface area (TPSA) is 35.6 Å². The maximum absolute atomic E-state index is 12.9. The van der Waals surface area contributed by atoms with Gasteiger partial charge in [-0.1, -0.05) is 12.8 Å². The zero-order chi connectivity index (χ0) is 14.8. The van der Waals surface area contributed by atoms with Crippen LogP contribution in [0.15, 0.2) is 0 Å². The van der Waals surface area contributed by atoms with Gasteiger partial charge in [-0.3, -0.25) is 4.79 Å². The van der Waals surface area contributed by atoms with Crippen LogP contribution in [0.4, 0.5) is 0 Å². The van der Waals surface area contributed by atoms with Gasteiger partial charge in [-0.2, -0.15) is 0 Å². The average molecular weight is 293 g/mol. The van der Waals surface area contributed by atoms with Gasteiger partial charge >= 0.3 is 0 Å². The van der Waals surface area contributed by atoms with E-state index < -0.39 is 0 Å². The number of carbonyl (C=O) groups excluding carboxylic acids is 1.